The van der Waals surface area contributed by atoms with Crippen LogP contribution in [0, 0.1) is 35.1 Å². The van der Waals surface area contributed by atoms with Gasteiger partial charge in [0.05, 0.1) is 26.6 Å². The first kappa shape index (κ1) is 21.6. The van der Waals surface area contributed by atoms with Crippen molar-refractivity contribution in [3.05, 3.63) is 65.3 Å². The summed E-state index contributed by atoms with van der Waals surface area (Å²) in [6.07, 6.45) is 1.26. The third kappa shape index (κ3) is 4.96. The summed E-state index contributed by atoms with van der Waals surface area (Å²) in [6, 6.07) is 7.63. The van der Waals surface area contributed by atoms with E-state index in [1.165, 1.54) is 25.3 Å². The van der Waals surface area contributed by atoms with Crippen molar-refractivity contribution in [2.45, 2.75) is 0 Å². The molecule has 29 heavy (non-hydrogen) atoms. The van der Waals surface area contributed by atoms with Gasteiger partial charge in [-0.15, -0.1) is 0 Å². The van der Waals surface area contributed by atoms with Crippen LogP contribution in [0.1, 0.15) is 5.56 Å². The number of primary amides is 1. The van der Waals surface area contributed by atoms with Crippen molar-refractivity contribution in [3.63, 3.8) is 0 Å². The molecule has 0 saturated carbocycles. The molecule has 0 atom stereocenters. The van der Waals surface area contributed by atoms with E-state index in [4.69, 9.17) is 20.5 Å². The smallest absolute Gasteiger partial charge is 0.318 e. The normalized spacial score (nSPS) is 10.7. The summed E-state index contributed by atoms with van der Waals surface area (Å²) in [7, 11) is 1.33. The van der Waals surface area contributed by atoms with Crippen LogP contribution in [0.3, 0.4) is 0 Å². The molecule has 12 heteroatoms. The molecular formula is C17H11IN4O7. The van der Waals surface area contributed by atoms with Crippen LogP contribution in [-0.4, -0.2) is 22.9 Å². The maximum atomic E-state index is 11.3. The lowest BCUT2D eigenvalue weighted by Crippen LogP contribution is -2.12. The van der Waals surface area contributed by atoms with E-state index in [0.29, 0.717) is 9.13 Å². The van der Waals surface area contributed by atoms with E-state index in [0.717, 1.165) is 18.2 Å². The van der Waals surface area contributed by atoms with E-state index in [-0.39, 0.29) is 22.8 Å². The van der Waals surface area contributed by atoms with Gasteiger partial charge in [0.2, 0.25) is 5.75 Å². The van der Waals surface area contributed by atoms with Crippen molar-refractivity contribution >= 4 is 45.9 Å². The fourth-order valence-electron chi connectivity index (χ4n) is 2.21. The van der Waals surface area contributed by atoms with Crippen LogP contribution in [0.15, 0.2) is 35.9 Å². The first-order chi connectivity index (χ1) is 13.7. The number of nitrogens with two attached hydrogens (primary N) is 1. The average molecular weight is 510 g/mol. The number of nitrogens with zero attached hydrogens (tertiary/aromatic N) is 3. The van der Waals surface area contributed by atoms with E-state index < -0.39 is 27.1 Å². The summed E-state index contributed by atoms with van der Waals surface area (Å²) in [5.41, 5.74) is 4.20. The third-order valence-electron chi connectivity index (χ3n) is 3.51. The molecule has 0 aliphatic rings. The molecule has 0 radical (unpaired) electrons. The minimum Gasteiger partial charge on any atom is -0.493 e. The Balaban J connectivity index is 2.55. The number of carbonyl (C=O) groups is 1. The maximum Gasteiger partial charge on any atom is 0.318 e. The third-order valence-corrected chi connectivity index (χ3v) is 4.31. The monoisotopic (exact) mass is 510 g/mol. The fourth-order valence-corrected chi connectivity index (χ4v) is 2.94. The van der Waals surface area contributed by atoms with Crippen molar-refractivity contribution in [3.8, 4) is 23.3 Å². The number of carbonyl (C=O) groups excluding carboxylic acids is 1. The molecule has 2 aromatic carbocycles. The molecule has 0 aliphatic heterocycles. The Kier molecular flexibility index (Phi) is 6.67. The van der Waals surface area contributed by atoms with E-state index in [9.17, 15) is 25.0 Å². The number of amides is 1. The van der Waals surface area contributed by atoms with Crippen molar-refractivity contribution in [2.75, 3.05) is 7.11 Å². The van der Waals surface area contributed by atoms with Gasteiger partial charge in [-0.2, -0.15) is 5.26 Å². The van der Waals surface area contributed by atoms with Gasteiger partial charge in [-0.3, -0.25) is 25.0 Å². The predicted molar refractivity (Wildman–Crippen MR) is 108 cm³/mol. The molecule has 1 amide bonds. The van der Waals surface area contributed by atoms with Gasteiger partial charge < -0.3 is 15.2 Å². The van der Waals surface area contributed by atoms with Gasteiger partial charge in [-0.1, -0.05) is 0 Å². The highest BCUT2D eigenvalue weighted by atomic mass is 127. The average Bonchev–Trinajstić information content (AvgIpc) is 2.67. The molecule has 11 nitrogen and oxygen atoms in total. The molecule has 0 aliphatic carbocycles. The Morgan fingerprint density at radius 2 is 1.90 bits per heavy atom. The molecular weight excluding hydrogens is 499 g/mol. The lowest BCUT2D eigenvalue weighted by Gasteiger charge is -2.13. The standard InChI is InChI=1S/C17H11IN4O7/c1-28-15-6-9(4-10(8-19)17(20)23)5-12(18)16(15)29-14-3-2-11(21(24)25)7-13(14)22(26)27/h2-7H,1H3,(H2,20,23). The minimum absolute atomic E-state index is 0.111. The Labute approximate surface area is 176 Å². The van der Waals surface area contributed by atoms with Crippen molar-refractivity contribution in [1.29, 1.82) is 5.26 Å². The summed E-state index contributed by atoms with van der Waals surface area (Å²) >= 11 is 1.87. The molecule has 0 fully saturated rings. The first-order valence-corrected chi connectivity index (χ1v) is 8.65. The quantitative estimate of drug-likeness (QED) is 0.194. The van der Waals surface area contributed by atoms with Crippen LogP contribution in [0.4, 0.5) is 11.4 Å². The topological polar surface area (TPSA) is 172 Å². The molecule has 0 spiro atoms. The van der Waals surface area contributed by atoms with Crippen molar-refractivity contribution in [2.24, 2.45) is 5.73 Å². The molecule has 2 rings (SSSR count). The van der Waals surface area contributed by atoms with Crippen LogP contribution in [0.2, 0.25) is 0 Å². The van der Waals surface area contributed by atoms with E-state index in [1.807, 2.05) is 22.6 Å². The van der Waals surface area contributed by atoms with Crippen LogP contribution in [-0.2, 0) is 4.79 Å². The number of hydrogen-bond acceptors (Lipinski definition) is 8. The second kappa shape index (κ2) is 8.97. The van der Waals surface area contributed by atoms with Gasteiger partial charge in [0.25, 0.3) is 11.6 Å². The molecule has 148 valence electrons. The zero-order chi connectivity index (χ0) is 21.7. The summed E-state index contributed by atoms with van der Waals surface area (Å²) in [5.74, 6) is -0.865. The zero-order valence-corrected chi connectivity index (χ0v) is 16.8. The Hall–Kier alpha value is -3.73. The Morgan fingerprint density at radius 3 is 2.41 bits per heavy atom. The summed E-state index contributed by atoms with van der Waals surface area (Å²) in [4.78, 5) is 31.8. The minimum atomic E-state index is -0.900. The number of ether oxygens (including phenoxy) is 2. The molecule has 0 unspecified atom stereocenters. The number of nitro groups is 2. The Morgan fingerprint density at radius 1 is 1.21 bits per heavy atom. The van der Waals surface area contributed by atoms with E-state index in [2.05, 4.69) is 0 Å². The number of methoxy groups -OCH3 is 1. The SMILES string of the molecule is COc1cc(C=C(C#N)C(N)=O)cc(I)c1Oc1ccc([N+](=O)[O-])cc1[N+](=O)[O-]. The first-order valence-electron chi connectivity index (χ1n) is 7.57. The maximum absolute atomic E-state index is 11.3. The van der Waals surface area contributed by atoms with Crippen molar-refractivity contribution < 1.29 is 24.1 Å². The largest absolute Gasteiger partial charge is 0.493 e. The van der Waals surface area contributed by atoms with Gasteiger partial charge in [0.15, 0.2) is 11.5 Å². The van der Waals surface area contributed by atoms with E-state index in [1.54, 1.807) is 6.07 Å². The molecule has 0 saturated heterocycles. The Bertz CT molecular complexity index is 1090. The van der Waals surface area contributed by atoms with E-state index >= 15 is 0 Å². The molecule has 0 aromatic heterocycles. The van der Waals surface area contributed by atoms with Crippen LogP contribution in [0.5, 0.6) is 17.2 Å². The number of non-ortho nitro benzene ring substituents is 1. The predicted octanol–water partition coefficient (Wildman–Crippen LogP) is 3.30. The summed E-state index contributed by atoms with van der Waals surface area (Å²) < 4.78 is 11.3. The van der Waals surface area contributed by atoms with Gasteiger partial charge >= 0.3 is 5.69 Å². The lowest BCUT2D eigenvalue weighted by molar-refractivity contribution is -0.394. The number of benzene rings is 2. The highest BCUT2D eigenvalue weighted by molar-refractivity contribution is 14.1. The van der Waals surface area contributed by atoms with Gasteiger partial charge in [-0.05, 0) is 52.4 Å². The second-order valence-corrected chi connectivity index (χ2v) is 6.50. The van der Waals surface area contributed by atoms with Crippen LogP contribution < -0.4 is 15.2 Å². The fraction of sp³-hybridized carbons (Fsp3) is 0.0588. The lowest BCUT2D eigenvalue weighted by atomic mass is 10.1. The van der Waals surface area contributed by atoms with Gasteiger partial charge in [0, 0.05) is 6.07 Å². The highest BCUT2D eigenvalue weighted by Gasteiger charge is 2.23. The number of nitro benzene ring substituents is 2. The summed E-state index contributed by atoms with van der Waals surface area (Å²) in [6.45, 7) is 0. The molecule has 2 N–H and O–H groups in total. The summed E-state index contributed by atoms with van der Waals surface area (Å²) in [5, 5.41) is 31.1. The van der Waals surface area contributed by atoms with Gasteiger partial charge in [0.1, 0.15) is 11.6 Å². The number of rotatable bonds is 7. The number of hydrogen-bond donors (Lipinski definition) is 1. The van der Waals surface area contributed by atoms with Gasteiger partial charge in [-0.25, -0.2) is 0 Å². The van der Waals surface area contributed by atoms with Crippen LogP contribution >= 0.6 is 22.6 Å². The highest BCUT2D eigenvalue weighted by Crippen LogP contribution is 2.41. The number of nitriles is 1. The van der Waals surface area contributed by atoms with Crippen LogP contribution in [0.25, 0.3) is 6.08 Å². The molecule has 2 aromatic rings. The molecule has 0 bridgehead atoms. The second-order valence-electron chi connectivity index (χ2n) is 5.34. The zero-order valence-electron chi connectivity index (χ0n) is 14.6. The van der Waals surface area contributed by atoms with Crippen molar-refractivity contribution in [1.82, 2.24) is 0 Å². The molecule has 0 heterocycles. The number of halogens is 1.